The van der Waals surface area contributed by atoms with Crippen LogP contribution in [0.3, 0.4) is 0 Å². The maximum absolute atomic E-state index is 13.6. The molecule has 0 aliphatic rings. The molecule has 0 amide bonds. The number of halogens is 2. The predicted molar refractivity (Wildman–Crippen MR) is 86.5 cm³/mol. The van der Waals surface area contributed by atoms with Crippen molar-refractivity contribution in [3.8, 4) is 11.8 Å². The van der Waals surface area contributed by atoms with E-state index in [9.17, 15) is 4.39 Å². The van der Waals surface area contributed by atoms with E-state index in [1.54, 1.807) is 30.1 Å². The number of thioether (sulfide) groups is 1. The number of nitrogens with zero attached hydrogens (tertiary/aromatic N) is 1. The molecule has 0 atom stereocenters. The van der Waals surface area contributed by atoms with Crippen molar-refractivity contribution >= 4 is 27.7 Å². The van der Waals surface area contributed by atoms with Crippen molar-refractivity contribution in [3.63, 3.8) is 0 Å². The van der Waals surface area contributed by atoms with E-state index < -0.39 is 0 Å². The van der Waals surface area contributed by atoms with Gasteiger partial charge in [0.15, 0.2) is 0 Å². The van der Waals surface area contributed by atoms with Crippen molar-refractivity contribution in [2.75, 3.05) is 6.61 Å². The molecule has 21 heavy (non-hydrogen) atoms. The molecule has 2 rings (SSSR count). The predicted octanol–water partition coefficient (Wildman–Crippen LogP) is 4.01. The summed E-state index contributed by atoms with van der Waals surface area (Å²) in [5.41, 5.74) is 1.35. The second kappa shape index (κ2) is 8.18. The third-order valence-electron chi connectivity index (χ3n) is 2.58. The van der Waals surface area contributed by atoms with Crippen LogP contribution in [-0.4, -0.2) is 16.7 Å². The van der Waals surface area contributed by atoms with Crippen LogP contribution in [0.2, 0.25) is 0 Å². The van der Waals surface area contributed by atoms with Gasteiger partial charge in [-0.1, -0.05) is 17.9 Å². The standard InChI is InChI=1S/C16H13BrFNOS/c17-14-5-7-16(19-10-14)21-11-12-4-6-15(18)13(9-12)3-1-2-8-20/h4-7,9-10,20H,2,8,11H2. The van der Waals surface area contributed by atoms with Crippen molar-refractivity contribution < 1.29 is 9.50 Å². The molecule has 0 radical (unpaired) electrons. The van der Waals surface area contributed by atoms with Crippen molar-refractivity contribution in [3.05, 3.63) is 57.9 Å². The molecule has 0 saturated heterocycles. The Morgan fingerprint density at radius 3 is 2.86 bits per heavy atom. The van der Waals surface area contributed by atoms with Crippen LogP contribution in [-0.2, 0) is 5.75 Å². The van der Waals surface area contributed by atoms with E-state index >= 15 is 0 Å². The number of aliphatic hydroxyl groups excluding tert-OH is 1. The lowest BCUT2D eigenvalue weighted by Crippen LogP contribution is -1.89. The van der Waals surface area contributed by atoms with E-state index in [1.807, 2.05) is 12.1 Å². The Balaban J connectivity index is 2.05. The lowest BCUT2D eigenvalue weighted by Gasteiger charge is -2.03. The maximum Gasteiger partial charge on any atom is 0.138 e. The van der Waals surface area contributed by atoms with E-state index in [-0.39, 0.29) is 12.4 Å². The topological polar surface area (TPSA) is 33.1 Å². The first kappa shape index (κ1) is 16.0. The fourth-order valence-corrected chi connectivity index (χ4v) is 2.60. The normalized spacial score (nSPS) is 10.0. The summed E-state index contributed by atoms with van der Waals surface area (Å²) in [7, 11) is 0. The number of benzene rings is 1. The van der Waals surface area contributed by atoms with Crippen molar-refractivity contribution in [1.82, 2.24) is 4.98 Å². The molecule has 0 unspecified atom stereocenters. The molecular formula is C16H13BrFNOS. The molecule has 1 N–H and O–H groups in total. The van der Waals surface area contributed by atoms with Gasteiger partial charge in [0, 0.05) is 22.8 Å². The van der Waals surface area contributed by atoms with Crippen molar-refractivity contribution in [2.24, 2.45) is 0 Å². The first-order valence-corrected chi connectivity index (χ1v) is 8.09. The van der Waals surface area contributed by atoms with Crippen LogP contribution < -0.4 is 0 Å². The average molecular weight is 366 g/mol. The molecule has 0 saturated carbocycles. The quantitative estimate of drug-likeness (QED) is 0.656. The molecule has 0 aliphatic carbocycles. The average Bonchev–Trinajstić information content (AvgIpc) is 2.49. The fourth-order valence-electron chi connectivity index (χ4n) is 1.58. The number of hydrogen-bond acceptors (Lipinski definition) is 3. The Hall–Kier alpha value is -1.35. The summed E-state index contributed by atoms with van der Waals surface area (Å²) in [6.45, 7) is -0.0145. The van der Waals surface area contributed by atoms with Gasteiger partial charge in [0.1, 0.15) is 5.82 Å². The van der Waals surface area contributed by atoms with E-state index in [4.69, 9.17) is 5.11 Å². The molecule has 1 aromatic heterocycles. The third-order valence-corrected chi connectivity index (χ3v) is 4.06. The first-order valence-electron chi connectivity index (χ1n) is 6.31. The number of hydrogen-bond donors (Lipinski definition) is 1. The summed E-state index contributed by atoms with van der Waals surface area (Å²) in [6.07, 6.45) is 2.10. The van der Waals surface area contributed by atoms with Gasteiger partial charge in [0.25, 0.3) is 0 Å². The van der Waals surface area contributed by atoms with Crippen molar-refractivity contribution in [1.29, 1.82) is 0 Å². The molecular weight excluding hydrogens is 353 g/mol. The largest absolute Gasteiger partial charge is 0.395 e. The van der Waals surface area contributed by atoms with Crippen LogP contribution in [0.15, 0.2) is 46.0 Å². The van der Waals surface area contributed by atoms with Crippen LogP contribution in [0.4, 0.5) is 4.39 Å². The molecule has 0 bridgehead atoms. The zero-order valence-electron chi connectivity index (χ0n) is 11.1. The Kier molecular flexibility index (Phi) is 6.24. The second-order valence-corrected chi connectivity index (χ2v) is 6.10. The second-order valence-electron chi connectivity index (χ2n) is 4.19. The minimum absolute atomic E-state index is 0.0145. The number of pyridine rings is 1. The van der Waals surface area contributed by atoms with Gasteiger partial charge in [-0.3, -0.25) is 0 Å². The van der Waals surface area contributed by atoms with Gasteiger partial charge in [-0.15, -0.1) is 11.8 Å². The first-order chi connectivity index (χ1) is 10.2. The highest BCUT2D eigenvalue weighted by Crippen LogP contribution is 2.23. The third kappa shape index (κ3) is 5.16. The van der Waals surface area contributed by atoms with Crippen LogP contribution >= 0.6 is 27.7 Å². The smallest absolute Gasteiger partial charge is 0.138 e. The minimum atomic E-state index is -0.337. The lowest BCUT2D eigenvalue weighted by molar-refractivity contribution is 0.305. The van der Waals surface area contributed by atoms with Gasteiger partial charge < -0.3 is 5.11 Å². The molecule has 0 fully saturated rings. The molecule has 1 aromatic carbocycles. The highest BCUT2D eigenvalue weighted by atomic mass is 79.9. The van der Waals surface area contributed by atoms with Crippen LogP contribution in [0.5, 0.6) is 0 Å². The summed E-state index contributed by atoms with van der Waals surface area (Å²) >= 11 is 4.93. The van der Waals surface area contributed by atoms with Crippen molar-refractivity contribution in [2.45, 2.75) is 17.2 Å². The minimum Gasteiger partial charge on any atom is -0.395 e. The summed E-state index contributed by atoms with van der Waals surface area (Å²) in [5, 5.41) is 9.60. The fraction of sp³-hybridized carbons (Fsp3) is 0.188. The SMILES string of the molecule is OCCC#Cc1cc(CSc2ccc(Br)cn2)ccc1F. The van der Waals surface area contributed by atoms with E-state index in [0.29, 0.717) is 17.7 Å². The molecule has 0 aliphatic heterocycles. The van der Waals surface area contributed by atoms with Gasteiger partial charge in [-0.05, 0) is 45.8 Å². The number of rotatable bonds is 4. The Morgan fingerprint density at radius 1 is 1.29 bits per heavy atom. The Labute approximate surface area is 135 Å². The maximum atomic E-state index is 13.6. The zero-order chi connectivity index (χ0) is 15.1. The van der Waals surface area contributed by atoms with Gasteiger partial charge >= 0.3 is 0 Å². The van der Waals surface area contributed by atoms with Crippen LogP contribution in [0.1, 0.15) is 17.5 Å². The monoisotopic (exact) mass is 365 g/mol. The van der Waals surface area contributed by atoms with E-state index in [1.165, 1.54) is 6.07 Å². The zero-order valence-corrected chi connectivity index (χ0v) is 13.5. The van der Waals surface area contributed by atoms with Crippen LogP contribution in [0, 0.1) is 17.7 Å². The van der Waals surface area contributed by atoms with Crippen LogP contribution in [0.25, 0.3) is 0 Å². The van der Waals surface area contributed by atoms with Gasteiger partial charge in [-0.25, -0.2) is 9.37 Å². The lowest BCUT2D eigenvalue weighted by atomic mass is 10.1. The molecule has 108 valence electrons. The summed E-state index contributed by atoms with van der Waals surface area (Å²) in [6, 6.07) is 8.78. The molecule has 0 spiro atoms. The Morgan fingerprint density at radius 2 is 2.14 bits per heavy atom. The molecule has 5 heteroatoms. The summed E-state index contributed by atoms with van der Waals surface area (Å²) in [4.78, 5) is 4.28. The highest BCUT2D eigenvalue weighted by molar-refractivity contribution is 9.10. The summed E-state index contributed by atoms with van der Waals surface area (Å²) in [5.74, 6) is 5.84. The number of aromatic nitrogens is 1. The molecule has 2 aromatic rings. The van der Waals surface area contributed by atoms with Gasteiger partial charge in [-0.2, -0.15) is 0 Å². The molecule has 2 nitrogen and oxygen atoms in total. The van der Waals surface area contributed by atoms with Gasteiger partial charge in [0.2, 0.25) is 0 Å². The highest BCUT2D eigenvalue weighted by Gasteiger charge is 2.03. The molecule has 1 heterocycles. The Bertz CT molecular complexity index is 664. The van der Waals surface area contributed by atoms with E-state index in [0.717, 1.165) is 15.1 Å². The van der Waals surface area contributed by atoms with E-state index in [2.05, 4.69) is 32.8 Å². The van der Waals surface area contributed by atoms with Gasteiger partial charge in [0.05, 0.1) is 17.2 Å². The summed E-state index contributed by atoms with van der Waals surface area (Å²) < 4.78 is 14.6. The number of aliphatic hydroxyl groups is 1.